The Morgan fingerprint density at radius 3 is 2.77 bits per heavy atom. The van der Waals surface area contributed by atoms with Crippen molar-refractivity contribution < 1.29 is 9.47 Å². The molecule has 0 saturated carbocycles. The summed E-state index contributed by atoms with van der Waals surface area (Å²) in [7, 11) is 3.44. The largest absolute Gasteiger partial charge is 0.493 e. The molecule has 0 fully saturated rings. The zero-order valence-corrected chi connectivity index (χ0v) is 19.1. The highest BCUT2D eigenvalue weighted by molar-refractivity contribution is 7.99. The minimum absolute atomic E-state index is 0.354. The van der Waals surface area contributed by atoms with E-state index in [9.17, 15) is 0 Å². The average molecular weight is 468 g/mol. The van der Waals surface area contributed by atoms with Gasteiger partial charge in [0.05, 0.1) is 12.1 Å². The van der Waals surface area contributed by atoms with Crippen LogP contribution in [0.15, 0.2) is 41.6 Å². The highest BCUT2D eigenvalue weighted by Crippen LogP contribution is 2.37. The van der Waals surface area contributed by atoms with Gasteiger partial charge in [-0.1, -0.05) is 47.1 Å². The van der Waals surface area contributed by atoms with Gasteiger partial charge >= 0.3 is 0 Å². The maximum Gasteiger partial charge on any atom is 0.209 e. The SMILES string of the molecule is COc1cc(CNCCCSc2nnnn2C)cc(Cl)c1OCc1cccc(Cl)c1. The normalized spacial score (nSPS) is 10.9. The number of rotatable bonds is 11. The molecule has 2 aromatic carbocycles. The minimum atomic E-state index is 0.354. The van der Waals surface area contributed by atoms with Crippen molar-refractivity contribution in [2.75, 3.05) is 19.4 Å². The predicted octanol–water partition coefficient (Wildman–Crippen LogP) is 4.38. The Labute approximate surface area is 190 Å². The van der Waals surface area contributed by atoms with Gasteiger partial charge in [-0.15, -0.1) is 5.10 Å². The molecule has 3 rings (SSSR count). The van der Waals surface area contributed by atoms with E-state index < -0.39 is 0 Å². The summed E-state index contributed by atoms with van der Waals surface area (Å²) in [5.74, 6) is 2.06. The lowest BCUT2D eigenvalue weighted by Crippen LogP contribution is -2.15. The summed E-state index contributed by atoms with van der Waals surface area (Å²) in [6.45, 7) is 1.90. The fourth-order valence-corrected chi connectivity index (χ4v) is 4.02. The molecule has 7 nitrogen and oxygen atoms in total. The van der Waals surface area contributed by atoms with Crippen LogP contribution < -0.4 is 14.8 Å². The lowest BCUT2D eigenvalue weighted by molar-refractivity contribution is 0.284. The zero-order chi connectivity index (χ0) is 21.3. The molecule has 10 heteroatoms. The van der Waals surface area contributed by atoms with Gasteiger partial charge < -0.3 is 14.8 Å². The van der Waals surface area contributed by atoms with Crippen molar-refractivity contribution in [3.8, 4) is 11.5 Å². The highest BCUT2D eigenvalue weighted by atomic mass is 35.5. The molecule has 0 saturated heterocycles. The first-order valence-corrected chi connectivity index (χ1v) is 11.1. The van der Waals surface area contributed by atoms with Crippen LogP contribution in [0.5, 0.6) is 11.5 Å². The lowest BCUT2D eigenvalue weighted by Gasteiger charge is -2.15. The van der Waals surface area contributed by atoms with Crippen molar-refractivity contribution in [1.82, 2.24) is 25.5 Å². The first-order valence-electron chi connectivity index (χ1n) is 9.36. The third-order valence-corrected chi connectivity index (χ3v) is 5.81. The summed E-state index contributed by atoms with van der Waals surface area (Å²) in [6, 6.07) is 11.4. The minimum Gasteiger partial charge on any atom is -0.493 e. The van der Waals surface area contributed by atoms with Crippen LogP contribution in [0, 0.1) is 0 Å². The third-order valence-electron chi connectivity index (χ3n) is 4.20. The molecule has 0 spiro atoms. The van der Waals surface area contributed by atoms with Crippen LogP contribution >= 0.6 is 35.0 Å². The molecule has 0 bridgehead atoms. The number of aryl methyl sites for hydroxylation is 1. The van der Waals surface area contributed by atoms with Crippen molar-refractivity contribution in [3.63, 3.8) is 0 Å². The highest BCUT2D eigenvalue weighted by Gasteiger charge is 2.12. The molecule has 1 N–H and O–H groups in total. The van der Waals surface area contributed by atoms with E-state index >= 15 is 0 Å². The predicted molar refractivity (Wildman–Crippen MR) is 120 cm³/mol. The Balaban J connectivity index is 1.48. The van der Waals surface area contributed by atoms with E-state index in [1.807, 2.05) is 43.4 Å². The number of ether oxygens (including phenoxy) is 2. The van der Waals surface area contributed by atoms with Crippen LogP contribution in [0.1, 0.15) is 17.5 Å². The van der Waals surface area contributed by atoms with Gasteiger partial charge in [0.1, 0.15) is 6.61 Å². The number of nitrogens with zero attached hydrogens (tertiary/aromatic N) is 4. The van der Waals surface area contributed by atoms with E-state index in [1.54, 1.807) is 23.6 Å². The number of methoxy groups -OCH3 is 1. The molecule has 0 aliphatic rings. The van der Waals surface area contributed by atoms with Crippen molar-refractivity contribution >= 4 is 35.0 Å². The Hall–Kier alpha value is -2.00. The first-order chi connectivity index (χ1) is 14.6. The van der Waals surface area contributed by atoms with Crippen LogP contribution in [0.3, 0.4) is 0 Å². The lowest BCUT2D eigenvalue weighted by atomic mass is 10.2. The number of nitrogens with one attached hydrogen (secondary N) is 1. The van der Waals surface area contributed by atoms with E-state index in [0.29, 0.717) is 34.7 Å². The van der Waals surface area contributed by atoms with Crippen molar-refractivity contribution in [2.45, 2.75) is 24.7 Å². The average Bonchev–Trinajstić information content (AvgIpc) is 3.14. The fourth-order valence-electron chi connectivity index (χ4n) is 2.73. The monoisotopic (exact) mass is 467 g/mol. The summed E-state index contributed by atoms with van der Waals surface area (Å²) in [6.07, 6.45) is 0.989. The van der Waals surface area contributed by atoms with E-state index in [-0.39, 0.29) is 0 Å². The second kappa shape index (κ2) is 11.4. The Kier molecular flexibility index (Phi) is 8.62. The Morgan fingerprint density at radius 1 is 1.17 bits per heavy atom. The van der Waals surface area contributed by atoms with Crippen molar-refractivity contribution in [2.24, 2.45) is 7.05 Å². The van der Waals surface area contributed by atoms with Crippen LogP contribution in [-0.4, -0.2) is 39.6 Å². The number of hydrogen-bond donors (Lipinski definition) is 1. The van der Waals surface area contributed by atoms with Gasteiger partial charge in [-0.3, -0.25) is 0 Å². The molecule has 1 heterocycles. The summed E-state index contributed by atoms with van der Waals surface area (Å²) >= 11 is 14.1. The number of aromatic nitrogens is 4. The number of halogens is 2. The molecule has 0 unspecified atom stereocenters. The number of hydrogen-bond acceptors (Lipinski definition) is 7. The molecule has 0 aliphatic carbocycles. The molecule has 0 radical (unpaired) electrons. The summed E-state index contributed by atoms with van der Waals surface area (Å²) < 4.78 is 13.1. The third kappa shape index (κ3) is 6.50. The molecule has 3 aromatic rings. The first kappa shape index (κ1) is 22.7. The maximum atomic E-state index is 6.46. The maximum absolute atomic E-state index is 6.46. The second-order valence-corrected chi connectivity index (χ2v) is 8.40. The summed E-state index contributed by atoms with van der Waals surface area (Å²) in [5, 5.41) is 16.8. The molecule has 160 valence electrons. The van der Waals surface area contributed by atoms with Crippen molar-refractivity contribution in [3.05, 3.63) is 57.6 Å². The number of thioether (sulfide) groups is 1. The van der Waals surface area contributed by atoms with Gasteiger partial charge in [-0.2, -0.15) is 0 Å². The van der Waals surface area contributed by atoms with E-state index in [2.05, 4.69) is 20.8 Å². The topological polar surface area (TPSA) is 74.1 Å². The molecule has 1 aromatic heterocycles. The van der Waals surface area contributed by atoms with Crippen LogP contribution in [-0.2, 0) is 20.2 Å². The van der Waals surface area contributed by atoms with Gasteiger partial charge in [0, 0.05) is 24.4 Å². The van der Waals surface area contributed by atoms with Gasteiger partial charge in [0.25, 0.3) is 0 Å². The van der Waals surface area contributed by atoms with Gasteiger partial charge in [-0.05, 0) is 58.8 Å². The second-order valence-electron chi connectivity index (χ2n) is 6.49. The standard InChI is InChI=1S/C20H23Cl2N5O2S/c1-27-20(24-25-26-27)30-8-4-7-23-12-15-10-17(22)19(18(11-15)28-2)29-13-14-5-3-6-16(21)9-14/h3,5-6,9-11,23H,4,7-8,12-13H2,1-2H3. The van der Waals surface area contributed by atoms with Crippen LogP contribution in [0.4, 0.5) is 0 Å². The smallest absolute Gasteiger partial charge is 0.209 e. The molecule has 0 atom stereocenters. The van der Waals surface area contributed by atoms with Gasteiger partial charge in [-0.25, -0.2) is 4.68 Å². The molecular formula is C20H23Cl2N5O2S. The Morgan fingerprint density at radius 2 is 2.03 bits per heavy atom. The molecule has 0 aliphatic heterocycles. The number of tetrazole rings is 1. The Bertz CT molecular complexity index is 970. The molecule has 0 amide bonds. The van der Waals surface area contributed by atoms with E-state index in [0.717, 1.165) is 35.0 Å². The molecular weight excluding hydrogens is 445 g/mol. The molecule has 30 heavy (non-hydrogen) atoms. The van der Waals surface area contributed by atoms with E-state index in [1.165, 1.54) is 0 Å². The van der Waals surface area contributed by atoms with Crippen LogP contribution in [0.25, 0.3) is 0 Å². The zero-order valence-electron chi connectivity index (χ0n) is 16.8. The van der Waals surface area contributed by atoms with Gasteiger partial charge in [0.15, 0.2) is 11.5 Å². The number of benzene rings is 2. The summed E-state index contributed by atoms with van der Waals surface area (Å²) in [5.41, 5.74) is 1.98. The van der Waals surface area contributed by atoms with Crippen molar-refractivity contribution in [1.29, 1.82) is 0 Å². The summed E-state index contributed by atoms with van der Waals surface area (Å²) in [4.78, 5) is 0. The fraction of sp³-hybridized carbons (Fsp3) is 0.350. The quantitative estimate of drug-likeness (QED) is 0.331. The van der Waals surface area contributed by atoms with E-state index in [4.69, 9.17) is 32.7 Å². The van der Waals surface area contributed by atoms with Crippen LogP contribution in [0.2, 0.25) is 10.0 Å². The van der Waals surface area contributed by atoms with Gasteiger partial charge in [0.2, 0.25) is 5.16 Å².